The van der Waals surface area contributed by atoms with Crippen molar-refractivity contribution < 1.29 is 22.4 Å². The molecule has 23 heavy (non-hydrogen) atoms. The Labute approximate surface area is 130 Å². The van der Waals surface area contributed by atoms with Gasteiger partial charge in [-0.15, -0.1) is 0 Å². The van der Waals surface area contributed by atoms with Gasteiger partial charge in [0.05, 0.1) is 5.56 Å². The number of nitrogens with one attached hydrogen (secondary N) is 2. The van der Waals surface area contributed by atoms with Crippen LogP contribution in [0.4, 0.5) is 22.4 Å². The maximum atomic E-state index is 13.5. The van der Waals surface area contributed by atoms with Gasteiger partial charge < -0.3 is 10.6 Å². The summed E-state index contributed by atoms with van der Waals surface area (Å²) < 4.78 is 51.3. The molecule has 2 N–H and O–H groups in total. The van der Waals surface area contributed by atoms with Gasteiger partial charge in [-0.05, 0) is 23.8 Å². The van der Waals surface area contributed by atoms with Gasteiger partial charge in [0.15, 0.2) is 0 Å². The van der Waals surface area contributed by atoms with Crippen molar-refractivity contribution in [1.82, 2.24) is 10.6 Å². The van der Waals surface area contributed by atoms with E-state index in [1.54, 1.807) is 0 Å². The Balaban J connectivity index is 1.91. The molecule has 2 aromatic carbocycles. The topological polar surface area (TPSA) is 41.1 Å². The molecule has 0 bridgehead atoms. The van der Waals surface area contributed by atoms with E-state index in [-0.39, 0.29) is 18.7 Å². The largest absolute Gasteiger partial charge is 0.416 e. The fourth-order valence-corrected chi connectivity index (χ4v) is 1.90. The Kier molecular flexibility index (Phi) is 5.20. The number of carbonyl (C=O) groups is 1. The van der Waals surface area contributed by atoms with E-state index in [0.717, 1.165) is 11.6 Å². The SMILES string of the molecule is O=C(NCc1ccccc1)NCc1cc(C(F)(F)F)ccc1F. The van der Waals surface area contributed by atoms with E-state index in [9.17, 15) is 22.4 Å². The third kappa shape index (κ3) is 4.98. The summed E-state index contributed by atoms with van der Waals surface area (Å²) in [5.74, 6) is -0.804. The minimum Gasteiger partial charge on any atom is -0.334 e. The highest BCUT2D eigenvalue weighted by Crippen LogP contribution is 2.30. The molecule has 7 heteroatoms. The Bertz CT molecular complexity index is 672. The van der Waals surface area contributed by atoms with Gasteiger partial charge in [-0.25, -0.2) is 9.18 Å². The molecule has 0 spiro atoms. The van der Waals surface area contributed by atoms with Crippen molar-refractivity contribution in [2.24, 2.45) is 0 Å². The van der Waals surface area contributed by atoms with Crippen molar-refractivity contribution in [1.29, 1.82) is 0 Å². The summed E-state index contributed by atoms with van der Waals surface area (Å²) in [4.78, 5) is 11.6. The minimum atomic E-state index is -4.56. The van der Waals surface area contributed by atoms with E-state index in [4.69, 9.17) is 0 Å². The zero-order valence-corrected chi connectivity index (χ0v) is 12.0. The molecule has 2 aromatic rings. The number of halogens is 4. The molecule has 0 saturated heterocycles. The first-order chi connectivity index (χ1) is 10.9. The van der Waals surface area contributed by atoms with Crippen molar-refractivity contribution in [3.8, 4) is 0 Å². The number of urea groups is 1. The molecule has 0 radical (unpaired) electrons. The second-order valence-electron chi connectivity index (χ2n) is 4.83. The lowest BCUT2D eigenvalue weighted by molar-refractivity contribution is -0.137. The fraction of sp³-hybridized carbons (Fsp3) is 0.188. The normalized spacial score (nSPS) is 11.1. The Morgan fingerprint density at radius 3 is 2.26 bits per heavy atom. The molecule has 0 aliphatic carbocycles. The summed E-state index contributed by atoms with van der Waals surface area (Å²) in [6.45, 7) is -0.0753. The van der Waals surface area contributed by atoms with Crippen LogP contribution in [-0.2, 0) is 19.3 Å². The number of hydrogen-bond acceptors (Lipinski definition) is 1. The zero-order valence-electron chi connectivity index (χ0n) is 12.0. The van der Waals surface area contributed by atoms with Gasteiger partial charge in [0.1, 0.15) is 5.82 Å². The summed E-state index contributed by atoms with van der Waals surface area (Å²) in [5, 5.41) is 4.87. The van der Waals surface area contributed by atoms with E-state index in [2.05, 4.69) is 10.6 Å². The van der Waals surface area contributed by atoms with Crippen LogP contribution in [0.1, 0.15) is 16.7 Å². The molecule has 0 fully saturated rings. The lowest BCUT2D eigenvalue weighted by atomic mass is 10.1. The first kappa shape index (κ1) is 16.8. The average molecular weight is 326 g/mol. The summed E-state index contributed by atoms with van der Waals surface area (Å²) in [5.41, 5.74) is -0.317. The van der Waals surface area contributed by atoms with Crippen molar-refractivity contribution in [2.75, 3.05) is 0 Å². The third-order valence-corrected chi connectivity index (χ3v) is 3.11. The average Bonchev–Trinajstić information content (AvgIpc) is 2.52. The zero-order chi connectivity index (χ0) is 16.9. The van der Waals surface area contributed by atoms with Crippen LogP contribution < -0.4 is 10.6 Å². The molecular formula is C16H14F4N2O. The van der Waals surface area contributed by atoms with Gasteiger partial charge >= 0.3 is 12.2 Å². The van der Waals surface area contributed by atoms with Crippen LogP contribution in [0, 0.1) is 5.82 Å². The smallest absolute Gasteiger partial charge is 0.334 e. The lowest BCUT2D eigenvalue weighted by Crippen LogP contribution is -2.34. The van der Waals surface area contributed by atoms with Crippen LogP contribution in [0.2, 0.25) is 0 Å². The monoisotopic (exact) mass is 326 g/mol. The quantitative estimate of drug-likeness (QED) is 0.824. The maximum Gasteiger partial charge on any atom is 0.416 e. The highest BCUT2D eigenvalue weighted by atomic mass is 19.4. The van der Waals surface area contributed by atoms with Crippen LogP contribution in [0.5, 0.6) is 0 Å². The summed E-state index contributed by atoms with van der Waals surface area (Å²) in [6.07, 6.45) is -4.56. The lowest BCUT2D eigenvalue weighted by Gasteiger charge is -2.11. The van der Waals surface area contributed by atoms with Crippen LogP contribution in [0.3, 0.4) is 0 Å². The van der Waals surface area contributed by atoms with Crippen LogP contribution in [0.25, 0.3) is 0 Å². The van der Waals surface area contributed by atoms with Crippen LogP contribution in [0.15, 0.2) is 48.5 Å². The number of hydrogen-bond donors (Lipinski definition) is 2. The highest BCUT2D eigenvalue weighted by molar-refractivity contribution is 5.73. The second-order valence-corrected chi connectivity index (χ2v) is 4.83. The van der Waals surface area contributed by atoms with Gasteiger partial charge in [-0.3, -0.25) is 0 Å². The first-order valence-corrected chi connectivity index (χ1v) is 6.77. The molecule has 0 unspecified atom stereocenters. The first-order valence-electron chi connectivity index (χ1n) is 6.77. The van der Waals surface area contributed by atoms with E-state index < -0.39 is 23.6 Å². The summed E-state index contributed by atoms with van der Waals surface area (Å²) in [6, 6.07) is 10.6. The maximum absolute atomic E-state index is 13.5. The van der Waals surface area contributed by atoms with E-state index in [0.29, 0.717) is 12.1 Å². The van der Waals surface area contributed by atoms with Crippen LogP contribution >= 0.6 is 0 Å². The molecular weight excluding hydrogens is 312 g/mol. The Morgan fingerprint density at radius 1 is 0.957 bits per heavy atom. The number of rotatable bonds is 4. The molecule has 2 amide bonds. The Hall–Kier alpha value is -2.57. The van der Waals surface area contributed by atoms with E-state index in [1.165, 1.54) is 0 Å². The van der Waals surface area contributed by atoms with Crippen molar-refractivity contribution >= 4 is 6.03 Å². The second kappa shape index (κ2) is 7.13. The molecule has 0 saturated carbocycles. The molecule has 0 aromatic heterocycles. The standard InChI is InChI=1S/C16H14F4N2O/c17-14-7-6-13(16(18,19)20)8-12(14)10-22-15(23)21-9-11-4-2-1-3-5-11/h1-8H,9-10H2,(H2,21,22,23). The number of amides is 2. The molecule has 0 aliphatic heterocycles. The Morgan fingerprint density at radius 2 is 1.61 bits per heavy atom. The molecule has 2 rings (SSSR count). The van der Waals surface area contributed by atoms with Crippen molar-refractivity contribution in [3.63, 3.8) is 0 Å². The molecule has 0 aliphatic rings. The number of carbonyl (C=O) groups excluding carboxylic acids is 1. The van der Waals surface area contributed by atoms with Crippen molar-refractivity contribution in [2.45, 2.75) is 19.3 Å². The summed E-state index contributed by atoms with van der Waals surface area (Å²) in [7, 11) is 0. The fourth-order valence-electron chi connectivity index (χ4n) is 1.90. The van der Waals surface area contributed by atoms with Crippen LogP contribution in [-0.4, -0.2) is 6.03 Å². The highest BCUT2D eigenvalue weighted by Gasteiger charge is 2.31. The predicted molar refractivity (Wildman–Crippen MR) is 76.9 cm³/mol. The predicted octanol–water partition coefficient (Wildman–Crippen LogP) is 3.84. The van der Waals surface area contributed by atoms with Gasteiger partial charge in [0.2, 0.25) is 0 Å². The van der Waals surface area contributed by atoms with Gasteiger partial charge in [0.25, 0.3) is 0 Å². The molecule has 0 atom stereocenters. The van der Waals surface area contributed by atoms with Gasteiger partial charge in [-0.1, -0.05) is 30.3 Å². The third-order valence-electron chi connectivity index (χ3n) is 3.11. The molecule has 122 valence electrons. The van der Waals surface area contributed by atoms with E-state index in [1.807, 2.05) is 30.3 Å². The van der Waals surface area contributed by atoms with Gasteiger partial charge in [0, 0.05) is 18.7 Å². The van der Waals surface area contributed by atoms with E-state index >= 15 is 0 Å². The number of benzene rings is 2. The minimum absolute atomic E-state index is 0.227. The van der Waals surface area contributed by atoms with Gasteiger partial charge in [-0.2, -0.15) is 13.2 Å². The number of alkyl halides is 3. The molecule has 0 heterocycles. The summed E-state index contributed by atoms with van der Waals surface area (Å²) >= 11 is 0. The van der Waals surface area contributed by atoms with Crippen molar-refractivity contribution in [3.05, 3.63) is 71.0 Å². The molecule has 3 nitrogen and oxygen atoms in total.